The maximum atomic E-state index is 13.7. The largest absolute Gasteiger partial charge is 0.345 e. The summed E-state index contributed by atoms with van der Waals surface area (Å²) >= 11 is 1.83. The monoisotopic (exact) mass is 412 g/mol. The summed E-state index contributed by atoms with van der Waals surface area (Å²) in [6.07, 6.45) is 0. The summed E-state index contributed by atoms with van der Waals surface area (Å²) < 4.78 is 54.1. The molecule has 0 spiro atoms. The van der Waals surface area contributed by atoms with Gasteiger partial charge in [-0.15, -0.1) is 0 Å². The van der Waals surface area contributed by atoms with Crippen molar-refractivity contribution in [2.45, 2.75) is 0 Å². The second kappa shape index (κ2) is 5.84. The average molecular weight is 412 g/mol. The zero-order valence-corrected chi connectivity index (χ0v) is 12.1. The minimum absolute atomic E-state index is 0.228. The Morgan fingerprint density at radius 1 is 1.05 bits per heavy atom. The van der Waals surface area contributed by atoms with E-state index in [1.807, 2.05) is 22.6 Å². The topological polar surface area (TPSA) is 55.2 Å². The van der Waals surface area contributed by atoms with Crippen LogP contribution in [0, 0.1) is 37.0 Å². The molecule has 0 aliphatic rings. The van der Waals surface area contributed by atoms with Gasteiger partial charge in [-0.05, 0) is 40.8 Å². The molecule has 2 aromatic carbocycles. The van der Waals surface area contributed by atoms with Crippen molar-refractivity contribution in [3.05, 3.63) is 61.2 Å². The first-order valence-electron chi connectivity index (χ1n) is 5.35. The van der Waals surface area contributed by atoms with Crippen LogP contribution in [0.1, 0.15) is 0 Å². The molecule has 2 rings (SSSR count). The standard InChI is InChI=1S/C12H5F4IN2O2/c13-6-3-5(17)1-2-8(6)18-12-9(19(20)21)4-7(14)10(15)11(12)16/h1-4,18H. The molecule has 0 saturated heterocycles. The highest BCUT2D eigenvalue weighted by Gasteiger charge is 2.26. The lowest BCUT2D eigenvalue weighted by Gasteiger charge is -2.10. The molecular weight excluding hydrogens is 407 g/mol. The van der Waals surface area contributed by atoms with E-state index in [1.165, 1.54) is 12.1 Å². The van der Waals surface area contributed by atoms with E-state index in [0.29, 0.717) is 3.57 Å². The van der Waals surface area contributed by atoms with Crippen LogP contribution in [0.3, 0.4) is 0 Å². The number of hydrogen-bond donors (Lipinski definition) is 1. The van der Waals surface area contributed by atoms with E-state index in [-0.39, 0.29) is 11.8 Å². The lowest BCUT2D eigenvalue weighted by Crippen LogP contribution is -2.05. The molecule has 1 N–H and O–H groups in total. The lowest BCUT2D eigenvalue weighted by molar-refractivity contribution is -0.384. The summed E-state index contributed by atoms with van der Waals surface area (Å²) in [5.74, 6) is -6.19. The van der Waals surface area contributed by atoms with Gasteiger partial charge in [-0.25, -0.2) is 17.6 Å². The molecule has 0 saturated carbocycles. The zero-order valence-electron chi connectivity index (χ0n) is 9.96. The van der Waals surface area contributed by atoms with Crippen molar-refractivity contribution in [2.75, 3.05) is 5.32 Å². The zero-order chi connectivity index (χ0) is 15.7. The number of halogens is 5. The van der Waals surface area contributed by atoms with Crippen molar-refractivity contribution in [3.8, 4) is 0 Å². The van der Waals surface area contributed by atoms with Gasteiger partial charge in [0, 0.05) is 3.57 Å². The van der Waals surface area contributed by atoms with E-state index < -0.39 is 39.6 Å². The van der Waals surface area contributed by atoms with Gasteiger partial charge in [-0.1, -0.05) is 0 Å². The fourth-order valence-electron chi connectivity index (χ4n) is 1.57. The second-order valence-corrected chi connectivity index (χ2v) is 5.13. The highest BCUT2D eigenvalue weighted by molar-refractivity contribution is 14.1. The first-order valence-corrected chi connectivity index (χ1v) is 6.43. The molecule has 110 valence electrons. The smallest absolute Gasteiger partial charge is 0.298 e. The van der Waals surface area contributed by atoms with Crippen LogP contribution in [0.15, 0.2) is 24.3 Å². The van der Waals surface area contributed by atoms with Gasteiger partial charge in [0.15, 0.2) is 23.1 Å². The number of nitro benzene ring substituents is 1. The molecule has 4 nitrogen and oxygen atoms in total. The van der Waals surface area contributed by atoms with E-state index in [2.05, 4.69) is 5.32 Å². The Bertz CT molecular complexity index is 740. The molecule has 2 aromatic rings. The number of rotatable bonds is 3. The van der Waals surface area contributed by atoms with E-state index in [0.717, 1.165) is 6.07 Å². The van der Waals surface area contributed by atoms with E-state index >= 15 is 0 Å². The highest BCUT2D eigenvalue weighted by atomic mass is 127. The fraction of sp³-hybridized carbons (Fsp3) is 0. The normalized spacial score (nSPS) is 10.5. The fourth-order valence-corrected chi connectivity index (χ4v) is 2.02. The van der Waals surface area contributed by atoms with Crippen molar-refractivity contribution in [1.82, 2.24) is 0 Å². The van der Waals surface area contributed by atoms with Gasteiger partial charge < -0.3 is 5.32 Å². The van der Waals surface area contributed by atoms with E-state index in [1.54, 1.807) is 0 Å². The van der Waals surface area contributed by atoms with Gasteiger partial charge in [-0.2, -0.15) is 0 Å². The number of hydrogen-bond acceptors (Lipinski definition) is 3. The summed E-state index contributed by atoms with van der Waals surface area (Å²) in [7, 11) is 0. The van der Waals surface area contributed by atoms with Crippen molar-refractivity contribution in [2.24, 2.45) is 0 Å². The third-order valence-corrected chi connectivity index (χ3v) is 3.20. The maximum Gasteiger partial charge on any atom is 0.298 e. The summed E-state index contributed by atoms with van der Waals surface area (Å²) in [4.78, 5) is 9.68. The molecule has 0 aromatic heterocycles. The molecule has 0 fully saturated rings. The van der Waals surface area contributed by atoms with Gasteiger partial charge >= 0.3 is 0 Å². The molecule has 0 unspecified atom stereocenters. The lowest BCUT2D eigenvalue weighted by atomic mass is 10.2. The Labute approximate surface area is 129 Å². The average Bonchev–Trinajstić information content (AvgIpc) is 2.41. The van der Waals surface area contributed by atoms with Crippen LogP contribution in [0.5, 0.6) is 0 Å². The number of nitrogens with one attached hydrogen (secondary N) is 1. The Balaban J connectivity index is 2.57. The van der Waals surface area contributed by atoms with Crippen LogP contribution < -0.4 is 5.32 Å². The third-order valence-electron chi connectivity index (χ3n) is 2.53. The van der Waals surface area contributed by atoms with Crippen molar-refractivity contribution in [1.29, 1.82) is 0 Å². The van der Waals surface area contributed by atoms with Gasteiger partial charge in [0.2, 0.25) is 0 Å². The van der Waals surface area contributed by atoms with Crippen molar-refractivity contribution in [3.63, 3.8) is 0 Å². The predicted octanol–water partition coefficient (Wildman–Crippen LogP) is 4.50. The van der Waals surface area contributed by atoms with Crippen molar-refractivity contribution >= 4 is 39.7 Å². The number of anilines is 2. The minimum Gasteiger partial charge on any atom is -0.345 e. The summed E-state index contributed by atoms with van der Waals surface area (Å²) in [5, 5.41) is 12.9. The molecule has 0 radical (unpaired) electrons. The van der Waals surface area contributed by atoms with Crippen LogP contribution >= 0.6 is 22.6 Å². The quantitative estimate of drug-likeness (QED) is 0.266. The van der Waals surface area contributed by atoms with Gasteiger partial charge in [0.05, 0.1) is 16.7 Å². The van der Waals surface area contributed by atoms with Crippen LogP contribution in [0.4, 0.5) is 34.6 Å². The van der Waals surface area contributed by atoms with Crippen LogP contribution in [0.25, 0.3) is 0 Å². The Hall–Kier alpha value is -1.91. The molecule has 0 aliphatic carbocycles. The minimum atomic E-state index is -1.88. The number of nitro groups is 1. The Morgan fingerprint density at radius 2 is 1.71 bits per heavy atom. The molecule has 0 bridgehead atoms. The Morgan fingerprint density at radius 3 is 2.29 bits per heavy atom. The number of benzene rings is 2. The van der Waals surface area contributed by atoms with Gasteiger partial charge in [0.1, 0.15) is 5.82 Å². The summed E-state index contributed by atoms with van der Waals surface area (Å²) in [6.45, 7) is 0. The summed E-state index contributed by atoms with van der Waals surface area (Å²) in [5.41, 5.74) is -2.29. The van der Waals surface area contributed by atoms with E-state index in [4.69, 9.17) is 0 Å². The van der Waals surface area contributed by atoms with Gasteiger partial charge in [-0.3, -0.25) is 10.1 Å². The SMILES string of the molecule is O=[N+]([O-])c1cc(F)c(F)c(F)c1Nc1ccc(I)cc1F. The molecule has 21 heavy (non-hydrogen) atoms. The third kappa shape index (κ3) is 3.06. The van der Waals surface area contributed by atoms with Gasteiger partial charge in [0.25, 0.3) is 5.69 Å². The maximum absolute atomic E-state index is 13.7. The van der Waals surface area contributed by atoms with E-state index in [9.17, 15) is 27.7 Å². The molecule has 0 atom stereocenters. The van der Waals surface area contributed by atoms with Crippen molar-refractivity contribution < 1.29 is 22.5 Å². The predicted molar refractivity (Wildman–Crippen MR) is 75.4 cm³/mol. The molecule has 0 heterocycles. The highest BCUT2D eigenvalue weighted by Crippen LogP contribution is 2.34. The summed E-state index contributed by atoms with van der Waals surface area (Å²) in [6, 6.07) is 3.97. The second-order valence-electron chi connectivity index (χ2n) is 3.89. The van der Waals surface area contributed by atoms with Crippen LogP contribution in [-0.4, -0.2) is 4.92 Å². The molecule has 0 aliphatic heterocycles. The first kappa shape index (κ1) is 15.5. The van der Waals surface area contributed by atoms with Crippen LogP contribution in [-0.2, 0) is 0 Å². The Kier molecular flexibility index (Phi) is 4.30. The molecular formula is C12H5F4IN2O2. The first-order chi connectivity index (χ1) is 9.81. The van der Waals surface area contributed by atoms with Crippen LogP contribution in [0.2, 0.25) is 0 Å². The molecule has 9 heteroatoms. The number of nitrogens with zero attached hydrogens (tertiary/aromatic N) is 1. The molecule has 0 amide bonds.